The van der Waals surface area contributed by atoms with Gasteiger partial charge in [0.2, 0.25) is 5.91 Å². The highest BCUT2D eigenvalue weighted by Gasteiger charge is 2.09. The third-order valence-corrected chi connectivity index (χ3v) is 2.77. The molecule has 0 aliphatic heterocycles. The molecule has 0 aliphatic rings. The predicted octanol–water partition coefficient (Wildman–Crippen LogP) is 2.50. The highest BCUT2D eigenvalue weighted by atomic mass is 16.5. The second-order valence-corrected chi connectivity index (χ2v) is 4.76. The fourth-order valence-electron chi connectivity index (χ4n) is 1.64. The normalized spacial score (nSPS) is 10.7. The molecule has 1 rings (SSSR count). The van der Waals surface area contributed by atoms with Crippen LogP contribution in [0.1, 0.15) is 25.8 Å². The van der Waals surface area contributed by atoms with Crippen molar-refractivity contribution in [3.63, 3.8) is 0 Å². The van der Waals surface area contributed by atoms with Crippen LogP contribution in [0, 0.1) is 0 Å². The molecule has 0 aromatic heterocycles. The van der Waals surface area contributed by atoms with Crippen molar-refractivity contribution in [2.75, 3.05) is 20.2 Å². The molecule has 0 heterocycles. The van der Waals surface area contributed by atoms with Crippen molar-refractivity contribution in [2.45, 2.75) is 32.8 Å². The summed E-state index contributed by atoms with van der Waals surface area (Å²) in [6.45, 7) is 4.82. The maximum absolute atomic E-state index is 11.7. The monoisotopic (exact) mass is 249 g/mol. The fraction of sp³-hybridized carbons (Fsp3) is 0.533. The van der Waals surface area contributed by atoms with E-state index in [4.69, 9.17) is 4.74 Å². The molecule has 1 amide bonds. The lowest BCUT2D eigenvalue weighted by molar-refractivity contribution is -0.136. The molecule has 0 radical (unpaired) electrons. The Morgan fingerprint density at radius 2 is 1.94 bits per heavy atom. The molecule has 1 aromatic carbocycles. The van der Waals surface area contributed by atoms with Gasteiger partial charge >= 0.3 is 0 Å². The van der Waals surface area contributed by atoms with Crippen LogP contribution in [0.25, 0.3) is 0 Å². The Balaban J connectivity index is 2.20. The van der Waals surface area contributed by atoms with Gasteiger partial charge in [0.1, 0.15) is 6.61 Å². The van der Waals surface area contributed by atoms with Crippen molar-refractivity contribution in [1.82, 2.24) is 4.90 Å². The lowest BCUT2D eigenvalue weighted by Gasteiger charge is -2.18. The summed E-state index contributed by atoms with van der Waals surface area (Å²) in [6, 6.07) is 10.3. The summed E-state index contributed by atoms with van der Waals surface area (Å²) in [7, 11) is 1.83. The molecule has 0 saturated carbocycles. The largest absolute Gasteiger partial charge is 0.369 e. The van der Waals surface area contributed by atoms with Gasteiger partial charge in [-0.25, -0.2) is 0 Å². The Morgan fingerprint density at radius 1 is 1.28 bits per heavy atom. The minimum absolute atomic E-state index is 0.0526. The maximum Gasteiger partial charge on any atom is 0.248 e. The third kappa shape index (κ3) is 5.82. The van der Waals surface area contributed by atoms with E-state index in [2.05, 4.69) is 12.1 Å². The molecule has 0 atom stereocenters. The minimum atomic E-state index is 0.0526. The summed E-state index contributed by atoms with van der Waals surface area (Å²) in [6.07, 6.45) is 2.09. The van der Waals surface area contributed by atoms with E-state index >= 15 is 0 Å². The Bertz CT molecular complexity index is 349. The fourth-order valence-corrected chi connectivity index (χ4v) is 1.64. The summed E-state index contributed by atoms with van der Waals surface area (Å²) in [4.78, 5) is 13.4. The summed E-state index contributed by atoms with van der Waals surface area (Å²) >= 11 is 0. The first kappa shape index (κ1) is 14.7. The van der Waals surface area contributed by atoms with E-state index in [1.807, 2.05) is 39.1 Å². The number of aryl methyl sites for hydroxylation is 1. The molecule has 0 saturated heterocycles. The van der Waals surface area contributed by atoms with Crippen LogP contribution >= 0.6 is 0 Å². The van der Waals surface area contributed by atoms with Crippen molar-refractivity contribution in [1.29, 1.82) is 0 Å². The van der Waals surface area contributed by atoms with Gasteiger partial charge in [0.15, 0.2) is 0 Å². The quantitative estimate of drug-likeness (QED) is 0.743. The van der Waals surface area contributed by atoms with Gasteiger partial charge < -0.3 is 9.64 Å². The molecular formula is C15H23NO2. The molecule has 1 aromatic rings. The molecule has 0 fully saturated rings. The Hall–Kier alpha value is -1.35. The number of carbonyl (C=O) groups excluding carboxylic acids is 1. The van der Waals surface area contributed by atoms with Crippen molar-refractivity contribution in [3.8, 4) is 0 Å². The zero-order valence-corrected chi connectivity index (χ0v) is 11.6. The SMILES string of the molecule is CC(C)OCC(=O)N(C)CCCc1ccccc1. The summed E-state index contributed by atoms with van der Waals surface area (Å²) in [5, 5.41) is 0. The van der Waals surface area contributed by atoms with Gasteiger partial charge in [-0.15, -0.1) is 0 Å². The Kier molecular flexibility index (Phi) is 6.44. The number of ether oxygens (including phenoxy) is 1. The molecule has 100 valence electrons. The van der Waals surface area contributed by atoms with E-state index in [1.54, 1.807) is 4.90 Å². The van der Waals surface area contributed by atoms with Gasteiger partial charge in [0, 0.05) is 13.6 Å². The van der Waals surface area contributed by atoms with Crippen LogP contribution in [-0.2, 0) is 16.0 Å². The van der Waals surface area contributed by atoms with Crippen molar-refractivity contribution in [2.24, 2.45) is 0 Å². The predicted molar refractivity (Wildman–Crippen MR) is 73.5 cm³/mol. The van der Waals surface area contributed by atoms with E-state index in [0.717, 1.165) is 19.4 Å². The summed E-state index contributed by atoms with van der Waals surface area (Å²) < 4.78 is 5.30. The van der Waals surface area contributed by atoms with E-state index < -0.39 is 0 Å². The van der Waals surface area contributed by atoms with Crippen molar-refractivity contribution in [3.05, 3.63) is 35.9 Å². The number of rotatable bonds is 7. The van der Waals surface area contributed by atoms with E-state index in [0.29, 0.717) is 0 Å². The van der Waals surface area contributed by atoms with Gasteiger partial charge in [-0.3, -0.25) is 4.79 Å². The molecule has 18 heavy (non-hydrogen) atoms. The van der Waals surface area contributed by atoms with Crippen LogP contribution in [0.15, 0.2) is 30.3 Å². The average molecular weight is 249 g/mol. The van der Waals surface area contributed by atoms with Gasteiger partial charge in [-0.2, -0.15) is 0 Å². The highest BCUT2D eigenvalue weighted by molar-refractivity contribution is 5.77. The van der Waals surface area contributed by atoms with E-state index in [-0.39, 0.29) is 18.6 Å². The van der Waals surface area contributed by atoms with Crippen LogP contribution in [-0.4, -0.2) is 37.1 Å². The zero-order valence-electron chi connectivity index (χ0n) is 11.6. The highest BCUT2D eigenvalue weighted by Crippen LogP contribution is 2.03. The summed E-state index contributed by atoms with van der Waals surface area (Å²) in [5.74, 6) is 0.0526. The number of benzene rings is 1. The lowest BCUT2D eigenvalue weighted by atomic mass is 10.1. The van der Waals surface area contributed by atoms with Crippen molar-refractivity contribution < 1.29 is 9.53 Å². The first-order valence-corrected chi connectivity index (χ1v) is 6.49. The molecule has 0 N–H and O–H groups in total. The van der Waals surface area contributed by atoms with Crippen LogP contribution in [0.4, 0.5) is 0 Å². The van der Waals surface area contributed by atoms with Gasteiger partial charge in [-0.1, -0.05) is 30.3 Å². The second-order valence-electron chi connectivity index (χ2n) is 4.76. The minimum Gasteiger partial charge on any atom is -0.369 e. The smallest absolute Gasteiger partial charge is 0.248 e. The van der Waals surface area contributed by atoms with Gasteiger partial charge in [0.25, 0.3) is 0 Å². The van der Waals surface area contributed by atoms with Crippen LogP contribution in [0.3, 0.4) is 0 Å². The zero-order chi connectivity index (χ0) is 13.4. The van der Waals surface area contributed by atoms with Gasteiger partial charge in [-0.05, 0) is 32.3 Å². The summed E-state index contributed by atoms with van der Waals surface area (Å²) in [5.41, 5.74) is 1.32. The standard InChI is InChI=1S/C15H23NO2/c1-13(2)18-12-15(17)16(3)11-7-10-14-8-5-4-6-9-14/h4-6,8-9,13H,7,10-12H2,1-3H3. The molecular weight excluding hydrogens is 226 g/mol. The van der Waals surface area contributed by atoms with E-state index in [9.17, 15) is 4.79 Å². The second kappa shape index (κ2) is 7.88. The number of nitrogens with zero attached hydrogens (tertiary/aromatic N) is 1. The third-order valence-electron chi connectivity index (χ3n) is 2.77. The number of hydrogen-bond acceptors (Lipinski definition) is 2. The number of likely N-dealkylation sites (N-methyl/N-ethyl adjacent to an activating group) is 1. The maximum atomic E-state index is 11.7. The lowest BCUT2D eigenvalue weighted by Crippen LogP contribution is -2.32. The van der Waals surface area contributed by atoms with Crippen LogP contribution in [0.2, 0.25) is 0 Å². The molecule has 0 aliphatic carbocycles. The number of carbonyl (C=O) groups is 1. The molecule has 3 heteroatoms. The molecule has 0 unspecified atom stereocenters. The Morgan fingerprint density at radius 3 is 2.56 bits per heavy atom. The first-order valence-electron chi connectivity index (χ1n) is 6.49. The van der Waals surface area contributed by atoms with Gasteiger partial charge in [0.05, 0.1) is 6.10 Å². The Labute approximate surface area is 110 Å². The topological polar surface area (TPSA) is 29.5 Å². The molecule has 3 nitrogen and oxygen atoms in total. The van der Waals surface area contributed by atoms with Crippen LogP contribution < -0.4 is 0 Å². The average Bonchev–Trinajstić information content (AvgIpc) is 2.37. The number of hydrogen-bond donors (Lipinski definition) is 0. The van der Waals surface area contributed by atoms with Crippen molar-refractivity contribution >= 4 is 5.91 Å². The van der Waals surface area contributed by atoms with Crippen LogP contribution in [0.5, 0.6) is 0 Å². The first-order chi connectivity index (χ1) is 8.59. The van der Waals surface area contributed by atoms with E-state index in [1.165, 1.54) is 5.56 Å². The number of amides is 1. The molecule has 0 bridgehead atoms. The molecule has 0 spiro atoms.